The number of halogens is 1. The largest absolute Gasteiger partial charge is 0.398 e. The van der Waals surface area contributed by atoms with Crippen LogP contribution in [0.2, 0.25) is 5.02 Å². The highest BCUT2D eigenvalue weighted by molar-refractivity contribution is 7.89. The van der Waals surface area contributed by atoms with E-state index >= 15 is 0 Å². The maximum atomic E-state index is 12.3. The Hall–Kier alpha value is -1.15. The van der Waals surface area contributed by atoms with Crippen molar-refractivity contribution in [1.82, 2.24) is 9.71 Å². The SMILES string of the molecule is Cc1cnc(C(C)NS(=O)(=O)c2cc(Cl)ccc2N)s1. The van der Waals surface area contributed by atoms with Crippen LogP contribution in [0.3, 0.4) is 0 Å². The van der Waals surface area contributed by atoms with Gasteiger partial charge in [0.25, 0.3) is 0 Å². The average Bonchev–Trinajstić information content (AvgIpc) is 2.78. The molecule has 0 saturated heterocycles. The van der Waals surface area contributed by atoms with E-state index in [0.717, 1.165) is 4.88 Å². The van der Waals surface area contributed by atoms with Crippen molar-refractivity contribution in [3.8, 4) is 0 Å². The molecule has 0 aliphatic heterocycles. The van der Waals surface area contributed by atoms with Crippen molar-refractivity contribution < 1.29 is 8.42 Å². The molecule has 1 aromatic carbocycles. The van der Waals surface area contributed by atoms with Crippen LogP contribution in [0, 0.1) is 6.92 Å². The van der Waals surface area contributed by atoms with Crippen LogP contribution < -0.4 is 10.5 Å². The molecule has 0 saturated carbocycles. The number of thiazole rings is 1. The minimum absolute atomic E-state index is 0.0230. The van der Waals surface area contributed by atoms with E-state index in [1.54, 1.807) is 19.2 Å². The van der Waals surface area contributed by atoms with Crippen LogP contribution in [0.5, 0.6) is 0 Å². The van der Waals surface area contributed by atoms with Gasteiger partial charge in [-0.25, -0.2) is 18.1 Å². The molecule has 108 valence electrons. The predicted molar refractivity (Wildman–Crippen MR) is 81.5 cm³/mol. The Kier molecular flexibility index (Phi) is 4.33. The first kappa shape index (κ1) is 15.2. The first-order valence-corrected chi connectivity index (χ1v) is 8.47. The summed E-state index contributed by atoms with van der Waals surface area (Å²) in [5.74, 6) is 0. The third kappa shape index (κ3) is 3.29. The van der Waals surface area contributed by atoms with E-state index in [1.165, 1.54) is 23.5 Å². The molecule has 1 heterocycles. The van der Waals surface area contributed by atoms with Crippen molar-refractivity contribution in [3.05, 3.63) is 39.3 Å². The molecule has 0 aliphatic rings. The van der Waals surface area contributed by atoms with Crippen molar-refractivity contribution in [2.75, 3.05) is 5.73 Å². The van der Waals surface area contributed by atoms with Crippen molar-refractivity contribution in [2.45, 2.75) is 24.8 Å². The summed E-state index contributed by atoms with van der Waals surface area (Å²) < 4.78 is 27.2. The van der Waals surface area contributed by atoms with Crippen molar-refractivity contribution in [1.29, 1.82) is 0 Å². The van der Waals surface area contributed by atoms with Crippen LogP contribution >= 0.6 is 22.9 Å². The van der Waals surface area contributed by atoms with Gasteiger partial charge in [0.1, 0.15) is 9.90 Å². The molecule has 5 nitrogen and oxygen atoms in total. The van der Waals surface area contributed by atoms with Gasteiger partial charge in [0, 0.05) is 16.1 Å². The number of aryl methyl sites for hydroxylation is 1. The van der Waals surface area contributed by atoms with Crippen LogP contribution in [0.1, 0.15) is 22.9 Å². The zero-order valence-corrected chi connectivity index (χ0v) is 13.3. The second-order valence-corrected chi connectivity index (χ2v) is 7.72. The number of rotatable bonds is 4. The van der Waals surface area contributed by atoms with E-state index in [0.29, 0.717) is 10.0 Å². The molecule has 1 aromatic heterocycles. The van der Waals surface area contributed by atoms with Gasteiger partial charge in [0.2, 0.25) is 10.0 Å². The standard InChI is InChI=1S/C12H14ClN3O2S2/c1-7-6-15-12(19-7)8(2)16-20(17,18)11-5-9(13)3-4-10(11)14/h3-6,8,16H,14H2,1-2H3. The molecule has 0 aliphatic carbocycles. The Balaban J connectivity index is 2.29. The van der Waals surface area contributed by atoms with E-state index in [1.807, 2.05) is 6.92 Å². The Morgan fingerprint density at radius 1 is 1.45 bits per heavy atom. The molecule has 0 spiro atoms. The molecule has 20 heavy (non-hydrogen) atoms. The smallest absolute Gasteiger partial charge is 0.243 e. The van der Waals surface area contributed by atoms with Gasteiger partial charge >= 0.3 is 0 Å². The van der Waals surface area contributed by atoms with Crippen molar-refractivity contribution in [3.63, 3.8) is 0 Å². The number of nitrogens with zero attached hydrogens (tertiary/aromatic N) is 1. The molecule has 0 bridgehead atoms. The fourth-order valence-corrected chi connectivity index (χ4v) is 4.11. The summed E-state index contributed by atoms with van der Waals surface area (Å²) in [6, 6.07) is 3.91. The summed E-state index contributed by atoms with van der Waals surface area (Å²) in [5.41, 5.74) is 5.86. The van der Waals surface area contributed by atoms with Crippen LogP contribution in [-0.2, 0) is 10.0 Å². The number of anilines is 1. The molecule has 2 aromatic rings. The van der Waals surface area contributed by atoms with E-state index in [-0.39, 0.29) is 10.6 Å². The molecule has 1 atom stereocenters. The Bertz CT molecular complexity index is 728. The highest BCUT2D eigenvalue weighted by Crippen LogP contribution is 2.25. The van der Waals surface area contributed by atoms with Gasteiger partial charge in [0.05, 0.1) is 11.7 Å². The van der Waals surface area contributed by atoms with Gasteiger partial charge in [-0.1, -0.05) is 11.6 Å². The van der Waals surface area contributed by atoms with Gasteiger partial charge in [-0.15, -0.1) is 11.3 Å². The van der Waals surface area contributed by atoms with E-state index in [9.17, 15) is 8.42 Å². The second-order valence-electron chi connectivity index (χ2n) is 4.33. The van der Waals surface area contributed by atoms with Crippen LogP contribution in [0.25, 0.3) is 0 Å². The monoisotopic (exact) mass is 331 g/mol. The van der Waals surface area contributed by atoms with Gasteiger partial charge < -0.3 is 5.73 Å². The molecule has 0 radical (unpaired) electrons. The number of hydrogen-bond donors (Lipinski definition) is 2. The Labute approximate surface area is 126 Å². The second kappa shape index (κ2) is 5.69. The average molecular weight is 332 g/mol. The molecule has 1 unspecified atom stereocenters. The lowest BCUT2D eigenvalue weighted by molar-refractivity contribution is 0.567. The third-order valence-corrected chi connectivity index (χ3v) is 5.53. The summed E-state index contributed by atoms with van der Waals surface area (Å²) in [6.45, 7) is 3.65. The number of sulfonamides is 1. The molecule has 2 rings (SSSR count). The zero-order chi connectivity index (χ0) is 14.9. The van der Waals surface area contributed by atoms with Gasteiger partial charge in [-0.05, 0) is 32.0 Å². The maximum absolute atomic E-state index is 12.3. The minimum atomic E-state index is -3.74. The number of benzene rings is 1. The molecular weight excluding hydrogens is 318 g/mol. The Morgan fingerprint density at radius 2 is 2.15 bits per heavy atom. The number of hydrogen-bond acceptors (Lipinski definition) is 5. The summed E-state index contributed by atoms with van der Waals surface area (Å²) in [6.07, 6.45) is 1.71. The maximum Gasteiger partial charge on any atom is 0.243 e. The quantitative estimate of drug-likeness (QED) is 0.843. The summed E-state index contributed by atoms with van der Waals surface area (Å²) >= 11 is 7.27. The third-order valence-electron chi connectivity index (χ3n) is 2.61. The fraction of sp³-hybridized carbons (Fsp3) is 0.250. The lowest BCUT2D eigenvalue weighted by Gasteiger charge is -2.13. The van der Waals surface area contributed by atoms with E-state index in [4.69, 9.17) is 17.3 Å². The van der Waals surface area contributed by atoms with Crippen LogP contribution in [-0.4, -0.2) is 13.4 Å². The van der Waals surface area contributed by atoms with E-state index in [2.05, 4.69) is 9.71 Å². The first-order valence-electron chi connectivity index (χ1n) is 5.79. The summed E-state index contributed by atoms with van der Waals surface area (Å²) in [5, 5.41) is 1.02. The number of nitrogen functional groups attached to an aromatic ring is 1. The van der Waals surface area contributed by atoms with Crippen molar-refractivity contribution >= 4 is 38.6 Å². The number of nitrogens with one attached hydrogen (secondary N) is 1. The molecule has 8 heteroatoms. The highest BCUT2D eigenvalue weighted by Gasteiger charge is 2.22. The number of nitrogens with two attached hydrogens (primary N) is 1. The lowest BCUT2D eigenvalue weighted by Crippen LogP contribution is -2.27. The van der Waals surface area contributed by atoms with Crippen LogP contribution in [0.4, 0.5) is 5.69 Å². The minimum Gasteiger partial charge on any atom is -0.398 e. The highest BCUT2D eigenvalue weighted by atomic mass is 35.5. The molecule has 3 N–H and O–H groups in total. The molecule has 0 amide bonds. The van der Waals surface area contributed by atoms with Crippen LogP contribution in [0.15, 0.2) is 29.3 Å². The lowest BCUT2D eigenvalue weighted by atomic mass is 10.3. The normalized spacial score (nSPS) is 13.3. The fourth-order valence-electron chi connectivity index (χ4n) is 1.66. The van der Waals surface area contributed by atoms with Gasteiger partial charge in [0.15, 0.2) is 0 Å². The first-order chi connectivity index (χ1) is 9.29. The molecule has 0 fully saturated rings. The summed E-state index contributed by atoms with van der Waals surface area (Å²) in [4.78, 5) is 5.17. The van der Waals surface area contributed by atoms with E-state index < -0.39 is 16.1 Å². The Morgan fingerprint density at radius 3 is 2.75 bits per heavy atom. The topological polar surface area (TPSA) is 85.1 Å². The number of aromatic nitrogens is 1. The predicted octanol–water partition coefficient (Wildman–Crippen LogP) is 2.73. The molecular formula is C12H14ClN3O2S2. The van der Waals surface area contributed by atoms with Crippen molar-refractivity contribution in [2.24, 2.45) is 0 Å². The van der Waals surface area contributed by atoms with Gasteiger partial charge in [-0.3, -0.25) is 0 Å². The zero-order valence-electron chi connectivity index (χ0n) is 10.9. The summed E-state index contributed by atoms with van der Waals surface area (Å²) in [7, 11) is -3.74. The van der Waals surface area contributed by atoms with Gasteiger partial charge in [-0.2, -0.15) is 0 Å².